The van der Waals surface area contributed by atoms with E-state index in [2.05, 4.69) is 9.80 Å². The van der Waals surface area contributed by atoms with Crippen molar-refractivity contribution in [3.8, 4) is 0 Å². The van der Waals surface area contributed by atoms with Crippen molar-refractivity contribution in [2.75, 3.05) is 58.2 Å². The van der Waals surface area contributed by atoms with E-state index in [1.807, 2.05) is 0 Å². The number of rotatable bonds is 5. The average Bonchev–Trinajstić information content (AvgIpc) is 3.42. The predicted octanol–water partition coefficient (Wildman–Crippen LogP) is 1.08. The number of carbonyl (C=O) groups is 2. The third kappa shape index (κ3) is 10.4. The van der Waals surface area contributed by atoms with E-state index in [0.29, 0.717) is 13.1 Å². The number of halogens is 6. The van der Waals surface area contributed by atoms with Crippen LogP contribution in [0.3, 0.4) is 0 Å². The number of likely N-dealkylation sites (tertiary alicyclic amines) is 1. The van der Waals surface area contributed by atoms with Gasteiger partial charge in [-0.3, -0.25) is 4.90 Å². The van der Waals surface area contributed by atoms with E-state index in [1.165, 1.54) is 25.9 Å². The molecule has 0 aromatic heterocycles. The minimum atomic E-state index is -5.08. The number of ether oxygens (including phenoxy) is 1. The summed E-state index contributed by atoms with van der Waals surface area (Å²) in [5, 5.41) is 14.2. The molecule has 206 valence electrons. The standard InChI is InChI=1S/C14H27N3O3S.2C2HF3O2/c1-2-21(18,19)17-11-13-14(12-17)20-10-9-16(13)8-7-15-5-3-4-6-15;2*3-2(4,5)1(6)7/h13-14H,2-12H2,1H3;2*(H,6,7)/t13-,14+;;/m1../s1. The van der Waals surface area contributed by atoms with Crippen LogP contribution < -0.4 is 0 Å². The monoisotopic (exact) mass is 545 g/mol. The Labute approximate surface area is 198 Å². The number of carboxylic acids is 2. The van der Waals surface area contributed by atoms with Crippen molar-refractivity contribution in [3.63, 3.8) is 0 Å². The Hall–Kier alpha value is -1.69. The van der Waals surface area contributed by atoms with Crippen LogP contribution in [0, 0.1) is 0 Å². The van der Waals surface area contributed by atoms with E-state index in [9.17, 15) is 34.8 Å². The second-order valence-electron chi connectivity index (χ2n) is 7.88. The van der Waals surface area contributed by atoms with Gasteiger partial charge in [-0.25, -0.2) is 18.0 Å². The average molecular weight is 545 g/mol. The van der Waals surface area contributed by atoms with Gasteiger partial charge in [0.05, 0.1) is 24.5 Å². The van der Waals surface area contributed by atoms with Crippen LogP contribution in [0.25, 0.3) is 0 Å². The minimum Gasteiger partial charge on any atom is -0.475 e. The highest BCUT2D eigenvalue weighted by Crippen LogP contribution is 2.25. The summed E-state index contributed by atoms with van der Waals surface area (Å²) >= 11 is 0. The fourth-order valence-electron chi connectivity index (χ4n) is 3.69. The van der Waals surface area contributed by atoms with Crippen LogP contribution in [0.5, 0.6) is 0 Å². The minimum absolute atomic E-state index is 0.0543. The molecule has 10 nitrogen and oxygen atoms in total. The molecule has 0 aromatic carbocycles. The molecule has 35 heavy (non-hydrogen) atoms. The molecule has 0 aromatic rings. The van der Waals surface area contributed by atoms with E-state index < -0.39 is 34.3 Å². The second-order valence-corrected chi connectivity index (χ2v) is 10.1. The molecule has 0 unspecified atom stereocenters. The van der Waals surface area contributed by atoms with Crippen molar-refractivity contribution in [2.24, 2.45) is 0 Å². The van der Waals surface area contributed by atoms with Crippen molar-refractivity contribution in [3.05, 3.63) is 0 Å². The molecule has 0 spiro atoms. The molecular formula is C18H29F6N3O7S. The van der Waals surface area contributed by atoms with E-state index in [4.69, 9.17) is 24.5 Å². The van der Waals surface area contributed by atoms with E-state index >= 15 is 0 Å². The molecule has 3 rings (SSSR count). The lowest BCUT2D eigenvalue weighted by molar-refractivity contribution is -0.193. The number of nitrogens with zero attached hydrogens (tertiary/aromatic N) is 3. The highest BCUT2D eigenvalue weighted by molar-refractivity contribution is 7.89. The first-order valence-corrected chi connectivity index (χ1v) is 12.3. The summed E-state index contributed by atoms with van der Waals surface area (Å²) < 4.78 is 95.0. The third-order valence-corrected chi connectivity index (χ3v) is 7.34. The van der Waals surface area contributed by atoms with Gasteiger partial charge >= 0.3 is 24.3 Å². The Morgan fingerprint density at radius 3 is 1.83 bits per heavy atom. The van der Waals surface area contributed by atoms with Gasteiger partial charge in [0.1, 0.15) is 0 Å². The molecule has 0 saturated carbocycles. The summed E-state index contributed by atoms with van der Waals surface area (Å²) in [6, 6.07) is 0.239. The highest BCUT2D eigenvalue weighted by Gasteiger charge is 2.43. The summed E-state index contributed by atoms with van der Waals surface area (Å²) in [6.07, 6.45) is -7.48. The topological polar surface area (TPSA) is 128 Å². The molecule has 0 bridgehead atoms. The van der Waals surface area contributed by atoms with Crippen LogP contribution in [0.15, 0.2) is 0 Å². The summed E-state index contributed by atoms with van der Waals surface area (Å²) in [5.41, 5.74) is 0. The van der Waals surface area contributed by atoms with Crippen molar-refractivity contribution in [2.45, 2.75) is 44.3 Å². The maximum absolute atomic E-state index is 12.1. The molecule has 2 atom stereocenters. The molecule has 3 heterocycles. The molecule has 0 amide bonds. The summed E-state index contributed by atoms with van der Waals surface area (Å²) in [4.78, 5) is 22.7. The summed E-state index contributed by atoms with van der Waals surface area (Å²) in [7, 11) is -3.09. The molecule has 0 radical (unpaired) electrons. The number of alkyl halides is 6. The second kappa shape index (κ2) is 13.0. The number of fused-ring (bicyclic) bond motifs is 1. The molecule has 3 fully saturated rings. The Kier molecular flexibility index (Phi) is 11.7. The van der Waals surface area contributed by atoms with Crippen molar-refractivity contribution in [1.29, 1.82) is 0 Å². The lowest BCUT2D eigenvalue weighted by Crippen LogP contribution is -2.52. The maximum atomic E-state index is 12.1. The van der Waals surface area contributed by atoms with Crippen LogP contribution >= 0.6 is 0 Å². The van der Waals surface area contributed by atoms with E-state index in [-0.39, 0.29) is 17.9 Å². The van der Waals surface area contributed by atoms with Crippen molar-refractivity contribution in [1.82, 2.24) is 14.1 Å². The number of morpholine rings is 1. The molecular weight excluding hydrogens is 516 g/mol. The fourth-order valence-corrected chi connectivity index (χ4v) is 4.81. The first-order valence-electron chi connectivity index (χ1n) is 10.6. The number of hydrogen-bond donors (Lipinski definition) is 2. The van der Waals surface area contributed by atoms with Crippen LogP contribution in [0.2, 0.25) is 0 Å². The van der Waals surface area contributed by atoms with E-state index in [1.54, 1.807) is 11.2 Å². The van der Waals surface area contributed by atoms with Gasteiger partial charge in [0.2, 0.25) is 10.0 Å². The zero-order valence-electron chi connectivity index (χ0n) is 18.9. The third-order valence-electron chi connectivity index (χ3n) is 5.53. The summed E-state index contributed by atoms with van der Waals surface area (Å²) in [5.74, 6) is -5.33. The Morgan fingerprint density at radius 1 is 0.914 bits per heavy atom. The van der Waals surface area contributed by atoms with Gasteiger partial charge < -0.3 is 19.8 Å². The van der Waals surface area contributed by atoms with Gasteiger partial charge in [0.15, 0.2) is 0 Å². The first kappa shape index (κ1) is 31.3. The van der Waals surface area contributed by atoms with Gasteiger partial charge in [-0.1, -0.05) is 0 Å². The zero-order chi connectivity index (χ0) is 27.0. The first-order chi connectivity index (χ1) is 16.0. The Bertz CT molecular complexity index is 779. The van der Waals surface area contributed by atoms with Gasteiger partial charge in [-0.05, 0) is 32.9 Å². The number of carboxylic acid groups (broad SMARTS) is 2. The number of hydrogen-bond acceptors (Lipinski definition) is 7. The Balaban J connectivity index is 0.000000362. The van der Waals surface area contributed by atoms with Gasteiger partial charge in [0.25, 0.3) is 0 Å². The molecule has 3 aliphatic heterocycles. The van der Waals surface area contributed by atoms with Crippen LogP contribution in [-0.2, 0) is 24.3 Å². The van der Waals surface area contributed by atoms with Crippen LogP contribution in [-0.4, -0.2) is 127 Å². The lowest BCUT2D eigenvalue weighted by Gasteiger charge is -2.37. The highest BCUT2D eigenvalue weighted by atomic mass is 32.2. The Morgan fingerprint density at radius 2 is 1.40 bits per heavy atom. The van der Waals surface area contributed by atoms with Crippen LogP contribution in [0.1, 0.15) is 19.8 Å². The van der Waals surface area contributed by atoms with Gasteiger partial charge in [-0.2, -0.15) is 30.6 Å². The van der Waals surface area contributed by atoms with Crippen molar-refractivity contribution >= 4 is 22.0 Å². The molecule has 3 saturated heterocycles. The normalized spacial score (nSPS) is 24.1. The number of sulfonamides is 1. The van der Waals surface area contributed by atoms with Crippen LogP contribution in [0.4, 0.5) is 26.3 Å². The fraction of sp³-hybridized carbons (Fsp3) is 0.889. The molecule has 17 heteroatoms. The molecule has 2 N–H and O–H groups in total. The smallest absolute Gasteiger partial charge is 0.475 e. The largest absolute Gasteiger partial charge is 0.490 e. The molecule has 0 aliphatic carbocycles. The predicted molar refractivity (Wildman–Crippen MR) is 109 cm³/mol. The lowest BCUT2D eigenvalue weighted by atomic mass is 10.1. The SMILES string of the molecule is CCS(=O)(=O)N1C[C@@H]2OCCN(CCN3CCCC3)[C@@H]2C1.O=C(O)C(F)(F)F.O=C(O)C(F)(F)F. The van der Waals surface area contributed by atoms with Crippen molar-refractivity contribution < 1.29 is 59.3 Å². The number of aliphatic carboxylic acids is 2. The van der Waals surface area contributed by atoms with Gasteiger partial charge in [-0.15, -0.1) is 0 Å². The zero-order valence-corrected chi connectivity index (χ0v) is 19.7. The quantitative estimate of drug-likeness (QED) is 0.488. The maximum Gasteiger partial charge on any atom is 0.490 e. The van der Waals surface area contributed by atoms with E-state index in [0.717, 1.165) is 26.2 Å². The molecule has 3 aliphatic rings. The summed E-state index contributed by atoms with van der Waals surface area (Å²) in [6.45, 7) is 9.05. The van der Waals surface area contributed by atoms with Gasteiger partial charge in [0, 0.05) is 32.7 Å².